The van der Waals surface area contributed by atoms with Gasteiger partial charge in [-0.15, -0.1) is 0 Å². The third kappa shape index (κ3) is 2.78. The molecule has 0 bridgehead atoms. The second kappa shape index (κ2) is 5.33. The number of aryl methyl sites for hydroxylation is 2. The van der Waals surface area contributed by atoms with Gasteiger partial charge in [-0.3, -0.25) is 4.79 Å². The quantitative estimate of drug-likeness (QED) is 0.743. The normalized spacial score (nSPS) is 19.7. The molecule has 0 spiro atoms. The molecular formula is C13H19N3O2. The van der Waals surface area contributed by atoms with Gasteiger partial charge in [-0.05, 0) is 26.7 Å². The molecule has 1 aromatic heterocycles. The number of esters is 1. The van der Waals surface area contributed by atoms with Crippen LogP contribution in [-0.2, 0) is 9.53 Å². The smallest absolute Gasteiger partial charge is 0.310 e. The lowest BCUT2D eigenvalue weighted by atomic mass is 9.98. The Bertz CT molecular complexity index is 428. The summed E-state index contributed by atoms with van der Waals surface area (Å²) in [6, 6.07) is 1.96. The molecule has 98 valence electrons. The Hall–Kier alpha value is -1.65. The molecule has 1 saturated heterocycles. The zero-order valence-electron chi connectivity index (χ0n) is 11.1. The lowest BCUT2D eigenvalue weighted by molar-refractivity contribution is -0.145. The molecule has 1 aliphatic heterocycles. The van der Waals surface area contributed by atoms with Crippen molar-refractivity contribution >= 4 is 11.8 Å². The van der Waals surface area contributed by atoms with Crippen LogP contribution in [0.3, 0.4) is 0 Å². The standard InChI is InChI=1S/C13H19N3O2/c1-9-7-12(15-10(2)14-9)16-6-4-5-11(8-16)13(17)18-3/h7,11H,4-6,8H2,1-3H3/t11-/m0/s1. The van der Waals surface area contributed by atoms with Crippen molar-refractivity contribution < 1.29 is 9.53 Å². The van der Waals surface area contributed by atoms with Gasteiger partial charge in [-0.1, -0.05) is 0 Å². The van der Waals surface area contributed by atoms with Crippen LogP contribution in [0.1, 0.15) is 24.4 Å². The van der Waals surface area contributed by atoms with Crippen molar-refractivity contribution in [2.75, 3.05) is 25.1 Å². The summed E-state index contributed by atoms with van der Waals surface area (Å²) in [5, 5.41) is 0. The summed E-state index contributed by atoms with van der Waals surface area (Å²) < 4.78 is 4.82. The van der Waals surface area contributed by atoms with Crippen LogP contribution in [0, 0.1) is 19.8 Å². The highest BCUT2D eigenvalue weighted by molar-refractivity contribution is 5.73. The average Bonchev–Trinajstić information content (AvgIpc) is 2.37. The second-order valence-corrected chi connectivity index (χ2v) is 4.72. The monoisotopic (exact) mass is 249 g/mol. The Morgan fingerprint density at radius 2 is 2.22 bits per heavy atom. The molecule has 5 heteroatoms. The van der Waals surface area contributed by atoms with Crippen LogP contribution >= 0.6 is 0 Å². The van der Waals surface area contributed by atoms with E-state index >= 15 is 0 Å². The predicted molar refractivity (Wildman–Crippen MR) is 68.5 cm³/mol. The average molecular weight is 249 g/mol. The van der Waals surface area contributed by atoms with E-state index in [1.165, 1.54) is 7.11 Å². The highest BCUT2D eigenvalue weighted by atomic mass is 16.5. The zero-order valence-corrected chi connectivity index (χ0v) is 11.1. The van der Waals surface area contributed by atoms with E-state index in [0.717, 1.165) is 36.7 Å². The third-order valence-electron chi connectivity index (χ3n) is 3.23. The van der Waals surface area contributed by atoms with Gasteiger partial charge in [0.1, 0.15) is 11.6 Å². The third-order valence-corrected chi connectivity index (χ3v) is 3.23. The Labute approximate surface area is 107 Å². The number of piperidine rings is 1. The maximum atomic E-state index is 11.6. The molecule has 1 aliphatic rings. The molecule has 0 aromatic carbocycles. The van der Waals surface area contributed by atoms with Gasteiger partial charge in [-0.2, -0.15) is 0 Å². The lowest BCUT2D eigenvalue weighted by Crippen LogP contribution is -2.39. The maximum Gasteiger partial charge on any atom is 0.310 e. The van der Waals surface area contributed by atoms with Crippen LogP contribution in [0.25, 0.3) is 0 Å². The Kier molecular flexibility index (Phi) is 3.79. The Balaban J connectivity index is 2.15. The van der Waals surface area contributed by atoms with Crippen LogP contribution in [0.2, 0.25) is 0 Å². The summed E-state index contributed by atoms with van der Waals surface area (Å²) in [5.41, 5.74) is 0.956. The minimum Gasteiger partial charge on any atom is -0.469 e. The molecule has 5 nitrogen and oxygen atoms in total. The number of ether oxygens (including phenoxy) is 1. The molecular weight excluding hydrogens is 230 g/mol. The number of hydrogen-bond acceptors (Lipinski definition) is 5. The van der Waals surface area contributed by atoms with Gasteiger partial charge in [-0.25, -0.2) is 9.97 Å². The van der Waals surface area contributed by atoms with E-state index in [-0.39, 0.29) is 11.9 Å². The van der Waals surface area contributed by atoms with Crippen LogP contribution < -0.4 is 4.90 Å². The molecule has 2 heterocycles. The molecule has 0 amide bonds. The Morgan fingerprint density at radius 1 is 1.44 bits per heavy atom. The van der Waals surface area contributed by atoms with E-state index in [1.54, 1.807) is 0 Å². The van der Waals surface area contributed by atoms with Crippen LogP contribution in [0.15, 0.2) is 6.07 Å². The van der Waals surface area contributed by atoms with Gasteiger partial charge in [0.2, 0.25) is 0 Å². The lowest BCUT2D eigenvalue weighted by Gasteiger charge is -2.32. The number of aromatic nitrogens is 2. The topological polar surface area (TPSA) is 55.3 Å². The van der Waals surface area contributed by atoms with Gasteiger partial charge >= 0.3 is 5.97 Å². The fourth-order valence-corrected chi connectivity index (χ4v) is 2.40. The molecule has 1 fully saturated rings. The largest absolute Gasteiger partial charge is 0.469 e. The first kappa shape index (κ1) is 12.8. The minimum atomic E-state index is -0.123. The maximum absolute atomic E-state index is 11.6. The van der Waals surface area contributed by atoms with E-state index in [1.807, 2.05) is 19.9 Å². The fraction of sp³-hybridized carbons (Fsp3) is 0.615. The van der Waals surface area contributed by atoms with E-state index in [2.05, 4.69) is 14.9 Å². The molecule has 0 radical (unpaired) electrons. The molecule has 2 rings (SSSR count). The van der Waals surface area contributed by atoms with E-state index in [0.29, 0.717) is 6.54 Å². The van der Waals surface area contributed by atoms with E-state index < -0.39 is 0 Å². The number of anilines is 1. The minimum absolute atomic E-state index is 0.0423. The van der Waals surface area contributed by atoms with Crippen molar-refractivity contribution in [1.82, 2.24) is 9.97 Å². The molecule has 0 aliphatic carbocycles. The number of hydrogen-bond donors (Lipinski definition) is 0. The van der Waals surface area contributed by atoms with E-state index in [4.69, 9.17) is 4.74 Å². The SMILES string of the molecule is COC(=O)[C@H]1CCCN(c2cc(C)nc(C)n2)C1. The molecule has 18 heavy (non-hydrogen) atoms. The van der Waals surface area contributed by atoms with Crippen molar-refractivity contribution in [3.05, 3.63) is 17.6 Å². The van der Waals surface area contributed by atoms with Gasteiger partial charge in [0.15, 0.2) is 0 Å². The molecule has 1 aromatic rings. The van der Waals surface area contributed by atoms with Gasteiger partial charge in [0.05, 0.1) is 13.0 Å². The number of carbonyl (C=O) groups is 1. The summed E-state index contributed by atoms with van der Waals surface area (Å²) in [6.07, 6.45) is 1.88. The number of carbonyl (C=O) groups excluding carboxylic acids is 1. The van der Waals surface area contributed by atoms with Gasteiger partial charge < -0.3 is 9.64 Å². The van der Waals surface area contributed by atoms with Gasteiger partial charge in [0, 0.05) is 24.8 Å². The fourth-order valence-electron chi connectivity index (χ4n) is 2.40. The van der Waals surface area contributed by atoms with Crippen molar-refractivity contribution in [2.24, 2.45) is 5.92 Å². The van der Waals surface area contributed by atoms with E-state index in [9.17, 15) is 4.79 Å². The first-order valence-corrected chi connectivity index (χ1v) is 6.25. The summed E-state index contributed by atoms with van der Waals surface area (Å²) in [4.78, 5) is 22.5. The van der Waals surface area contributed by atoms with Crippen molar-refractivity contribution in [3.63, 3.8) is 0 Å². The summed E-state index contributed by atoms with van der Waals surface area (Å²) in [6.45, 7) is 5.46. The van der Waals surface area contributed by atoms with Crippen molar-refractivity contribution in [1.29, 1.82) is 0 Å². The molecule has 0 saturated carbocycles. The predicted octanol–water partition coefficient (Wildman–Crippen LogP) is 1.48. The van der Waals surface area contributed by atoms with Gasteiger partial charge in [0.25, 0.3) is 0 Å². The highest BCUT2D eigenvalue weighted by Crippen LogP contribution is 2.22. The van der Waals surface area contributed by atoms with Crippen LogP contribution in [-0.4, -0.2) is 36.1 Å². The highest BCUT2D eigenvalue weighted by Gasteiger charge is 2.27. The summed E-state index contributed by atoms with van der Waals surface area (Å²) >= 11 is 0. The summed E-state index contributed by atoms with van der Waals surface area (Å²) in [7, 11) is 1.44. The first-order chi connectivity index (χ1) is 8.60. The zero-order chi connectivity index (χ0) is 13.1. The summed E-state index contributed by atoms with van der Waals surface area (Å²) in [5.74, 6) is 1.51. The number of rotatable bonds is 2. The number of nitrogens with zero attached hydrogens (tertiary/aromatic N) is 3. The molecule has 0 unspecified atom stereocenters. The number of methoxy groups -OCH3 is 1. The second-order valence-electron chi connectivity index (χ2n) is 4.72. The van der Waals surface area contributed by atoms with Crippen LogP contribution in [0.5, 0.6) is 0 Å². The molecule has 1 atom stereocenters. The van der Waals surface area contributed by atoms with Crippen molar-refractivity contribution in [2.45, 2.75) is 26.7 Å². The molecule has 0 N–H and O–H groups in total. The Morgan fingerprint density at radius 3 is 2.89 bits per heavy atom. The first-order valence-electron chi connectivity index (χ1n) is 6.25. The van der Waals surface area contributed by atoms with Crippen LogP contribution in [0.4, 0.5) is 5.82 Å². The van der Waals surface area contributed by atoms with Crippen molar-refractivity contribution in [3.8, 4) is 0 Å².